The highest BCUT2D eigenvalue weighted by Gasteiger charge is 2.42. The van der Waals surface area contributed by atoms with Crippen LogP contribution in [-0.2, 0) is 20.8 Å². The van der Waals surface area contributed by atoms with Crippen LogP contribution in [0.3, 0.4) is 0 Å². The van der Waals surface area contributed by atoms with E-state index >= 15 is 0 Å². The van der Waals surface area contributed by atoms with Crippen molar-refractivity contribution < 1.29 is 23.2 Å². The lowest BCUT2D eigenvalue weighted by atomic mass is 9.82. The number of likely N-dealkylation sites (N-methyl/N-ethyl adjacent to an activating group) is 1. The molecule has 9 heteroatoms. The summed E-state index contributed by atoms with van der Waals surface area (Å²) in [6.45, 7) is 1.96. The highest BCUT2D eigenvalue weighted by atomic mass is 19.1. The van der Waals surface area contributed by atoms with Gasteiger partial charge in [-0.25, -0.2) is 8.78 Å². The Bertz CT molecular complexity index is 1130. The summed E-state index contributed by atoms with van der Waals surface area (Å²) in [5.41, 5.74) is 0.944. The van der Waals surface area contributed by atoms with Gasteiger partial charge < -0.3 is 20.9 Å². The molecule has 4 rings (SSSR count). The molecule has 198 valence electrons. The van der Waals surface area contributed by atoms with E-state index in [1.807, 2.05) is 12.1 Å². The van der Waals surface area contributed by atoms with E-state index in [1.165, 1.54) is 11.0 Å². The molecule has 37 heavy (non-hydrogen) atoms. The molecule has 0 aromatic heterocycles. The number of fused-ring (bicyclic) bond motifs is 1. The maximum absolute atomic E-state index is 14.4. The van der Waals surface area contributed by atoms with Gasteiger partial charge in [-0.1, -0.05) is 49.6 Å². The lowest BCUT2D eigenvalue weighted by molar-refractivity contribution is -0.144. The third kappa shape index (κ3) is 5.82. The second-order valence-electron chi connectivity index (χ2n) is 9.86. The first-order chi connectivity index (χ1) is 17.8. The maximum atomic E-state index is 14.4. The third-order valence-electron chi connectivity index (χ3n) is 7.54. The molecule has 2 aromatic carbocycles. The van der Waals surface area contributed by atoms with Gasteiger partial charge in [-0.3, -0.25) is 14.4 Å². The number of carbonyl (C=O) groups is 3. The monoisotopic (exact) mass is 512 g/mol. The Balaban J connectivity index is 1.68. The van der Waals surface area contributed by atoms with Crippen LogP contribution in [0.5, 0.6) is 0 Å². The van der Waals surface area contributed by atoms with Gasteiger partial charge in [0, 0.05) is 6.54 Å². The summed E-state index contributed by atoms with van der Waals surface area (Å²) in [5.74, 6) is -3.21. The molecule has 0 radical (unpaired) electrons. The van der Waals surface area contributed by atoms with E-state index in [9.17, 15) is 23.2 Å². The largest absolute Gasteiger partial charge is 0.343 e. The Morgan fingerprint density at radius 1 is 0.973 bits per heavy atom. The molecule has 1 heterocycles. The molecule has 7 nitrogen and oxygen atoms in total. The van der Waals surface area contributed by atoms with Gasteiger partial charge in [0.15, 0.2) is 0 Å². The van der Waals surface area contributed by atoms with Crippen LogP contribution >= 0.6 is 0 Å². The van der Waals surface area contributed by atoms with Crippen LogP contribution in [-0.4, -0.2) is 48.3 Å². The van der Waals surface area contributed by atoms with Crippen molar-refractivity contribution in [2.45, 2.75) is 63.6 Å². The van der Waals surface area contributed by atoms with Gasteiger partial charge in [-0.2, -0.15) is 0 Å². The molecule has 0 saturated heterocycles. The zero-order chi connectivity index (χ0) is 26.5. The van der Waals surface area contributed by atoms with E-state index in [4.69, 9.17) is 0 Å². The first-order valence-corrected chi connectivity index (χ1v) is 12.9. The lowest BCUT2D eigenvalue weighted by Gasteiger charge is -2.40. The number of carbonyl (C=O) groups excluding carboxylic acids is 3. The number of nitrogens with zero attached hydrogens (tertiary/aromatic N) is 1. The van der Waals surface area contributed by atoms with Gasteiger partial charge in [0.05, 0.1) is 6.04 Å². The zero-order valence-electron chi connectivity index (χ0n) is 21.2. The minimum Gasteiger partial charge on any atom is -0.343 e. The number of para-hydroxylation sites is 1. The lowest BCUT2D eigenvalue weighted by Crippen LogP contribution is -2.58. The average Bonchev–Trinajstić information content (AvgIpc) is 2.92. The quantitative estimate of drug-likeness (QED) is 0.528. The Kier molecular flexibility index (Phi) is 8.53. The van der Waals surface area contributed by atoms with Crippen molar-refractivity contribution >= 4 is 23.4 Å². The highest BCUT2D eigenvalue weighted by Crippen LogP contribution is 2.34. The van der Waals surface area contributed by atoms with Gasteiger partial charge >= 0.3 is 0 Å². The Morgan fingerprint density at radius 2 is 1.65 bits per heavy atom. The maximum Gasteiger partial charge on any atom is 0.251 e. The van der Waals surface area contributed by atoms with E-state index in [2.05, 4.69) is 16.0 Å². The Morgan fingerprint density at radius 3 is 2.32 bits per heavy atom. The topological polar surface area (TPSA) is 90.5 Å². The number of benzene rings is 2. The molecule has 2 aliphatic rings. The first kappa shape index (κ1) is 26.7. The summed E-state index contributed by atoms with van der Waals surface area (Å²) in [4.78, 5) is 42.0. The summed E-state index contributed by atoms with van der Waals surface area (Å²) in [7, 11) is 1.67. The van der Waals surface area contributed by atoms with E-state index in [1.54, 1.807) is 26.1 Å². The summed E-state index contributed by atoms with van der Waals surface area (Å²) in [6.07, 6.45) is 5.13. The van der Waals surface area contributed by atoms with Crippen LogP contribution in [0.2, 0.25) is 0 Å². The van der Waals surface area contributed by atoms with E-state index in [-0.39, 0.29) is 24.3 Å². The smallest absolute Gasteiger partial charge is 0.251 e. The normalized spacial score (nSPS) is 19.5. The number of rotatable bonds is 7. The molecule has 1 aliphatic heterocycles. The molecule has 3 atom stereocenters. The van der Waals surface area contributed by atoms with Gasteiger partial charge in [-0.05, 0) is 62.4 Å². The molecule has 1 fully saturated rings. The van der Waals surface area contributed by atoms with Crippen molar-refractivity contribution in [3.63, 3.8) is 0 Å². The number of anilines is 1. The molecule has 2 aromatic rings. The minimum atomic E-state index is -1.10. The standard InChI is InChI=1S/C28H34F2N4O3/c1-17(31-2)26(35)32-23(19-10-4-3-5-11-19)28(37)34-16-15-18-9-6-7-12-20(18)25(34)27(36)33-24-21(29)13-8-14-22(24)30/h6-9,12-14,17,19,23,25,31H,3-5,10-11,15-16H2,1-2H3,(H,32,35)(H,33,36)/t17-,23-,25-/m0/s1. The molecule has 0 bridgehead atoms. The molecule has 1 aliphatic carbocycles. The SMILES string of the molecule is CN[C@@H](C)C(=O)N[C@H](C(=O)N1CCc2ccccc2[C@H]1C(=O)Nc1c(F)cccc1F)C1CCCCC1. The average molecular weight is 513 g/mol. The molecule has 1 saturated carbocycles. The van der Waals surface area contributed by atoms with E-state index in [0.717, 1.165) is 49.8 Å². The number of nitrogens with one attached hydrogen (secondary N) is 3. The molecule has 3 N–H and O–H groups in total. The first-order valence-electron chi connectivity index (χ1n) is 12.9. The summed E-state index contributed by atoms with van der Waals surface area (Å²) in [5, 5.41) is 8.22. The van der Waals surface area contributed by atoms with E-state index in [0.29, 0.717) is 12.0 Å². The number of hydrogen-bond donors (Lipinski definition) is 3. The molecular weight excluding hydrogens is 478 g/mol. The molecule has 0 unspecified atom stereocenters. The van der Waals surface area contributed by atoms with Crippen LogP contribution < -0.4 is 16.0 Å². The van der Waals surface area contributed by atoms with Gasteiger partial charge in [0.1, 0.15) is 29.4 Å². The van der Waals surface area contributed by atoms with Crippen molar-refractivity contribution in [2.75, 3.05) is 18.9 Å². The summed E-state index contributed by atoms with van der Waals surface area (Å²) < 4.78 is 28.7. The van der Waals surface area contributed by atoms with Crippen molar-refractivity contribution in [2.24, 2.45) is 5.92 Å². The zero-order valence-corrected chi connectivity index (χ0v) is 21.2. The van der Waals surface area contributed by atoms with Crippen LogP contribution in [0.25, 0.3) is 0 Å². The predicted octanol–water partition coefficient (Wildman–Crippen LogP) is 3.70. The van der Waals surface area contributed by atoms with Crippen molar-refractivity contribution in [3.05, 3.63) is 65.2 Å². The van der Waals surface area contributed by atoms with Crippen LogP contribution in [0.1, 0.15) is 56.2 Å². The Labute approximate surface area is 216 Å². The summed E-state index contributed by atoms with van der Waals surface area (Å²) >= 11 is 0. The van der Waals surface area contributed by atoms with Gasteiger partial charge in [0.25, 0.3) is 5.91 Å². The predicted molar refractivity (Wildman–Crippen MR) is 137 cm³/mol. The molecule has 0 spiro atoms. The fourth-order valence-corrected chi connectivity index (χ4v) is 5.33. The summed E-state index contributed by atoms with van der Waals surface area (Å²) in [6, 6.07) is 8.22. The van der Waals surface area contributed by atoms with Crippen LogP contribution in [0.15, 0.2) is 42.5 Å². The number of amides is 3. The van der Waals surface area contributed by atoms with Crippen molar-refractivity contribution in [1.29, 1.82) is 0 Å². The number of halogens is 2. The fourth-order valence-electron chi connectivity index (χ4n) is 5.33. The van der Waals surface area contributed by atoms with Crippen LogP contribution in [0, 0.1) is 17.6 Å². The minimum absolute atomic E-state index is 0.0563. The number of hydrogen-bond acceptors (Lipinski definition) is 4. The fraction of sp³-hybridized carbons (Fsp3) is 0.464. The van der Waals surface area contributed by atoms with Gasteiger partial charge in [0.2, 0.25) is 11.8 Å². The van der Waals surface area contributed by atoms with Crippen LogP contribution in [0.4, 0.5) is 14.5 Å². The molecule has 3 amide bonds. The van der Waals surface area contributed by atoms with Gasteiger partial charge in [-0.15, -0.1) is 0 Å². The second-order valence-corrected chi connectivity index (χ2v) is 9.86. The molecular formula is C28H34F2N4O3. The van der Waals surface area contributed by atoms with Crippen molar-refractivity contribution in [1.82, 2.24) is 15.5 Å². The van der Waals surface area contributed by atoms with E-state index < -0.39 is 41.4 Å². The highest BCUT2D eigenvalue weighted by molar-refractivity contribution is 6.00. The second kappa shape index (κ2) is 11.8. The third-order valence-corrected chi connectivity index (χ3v) is 7.54. The Hall–Kier alpha value is -3.33. The van der Waals surface area contributed by atoms with Crippen molar-refractivity contribution in [3.8, 4) is 0 Å².